The van der Waals surface area contributed by atoms with Crippen LogP contribution in [0.15, 0.2) is 45.3 Å². The van der Waals surface area contributed by atoms with E-state index < -0.39 is 5.97 Å². The summed E-state index contributed by atoms with van der Waals surface area (Å²) in [6.07, 6.45) is 0. The van der Waals surface area contributed by atoms with Crippen molar-refractivity contribution in [1.29, 1.82) is 0 Å². The number of carboxylic acid groups (broad SMARTS) is 1. The molecule has 4 aromatic rings. The average Bonchev–Trinajstić information content (AvgIpc) is 3.37. The largest absolute Gasteiger partial charge is 0.475 e. The molecule has 9 heteroatoms. The number of fused-ring (bicyclic) bond motifs is 2. The third-order valence-corrected chi connectivity index (χ3v) is 6.43. The molecule has 1 aliphatic rings. The molecule has 0 radical (unpaired) electrons. The van der Waals surface area contributed by atoms with E-state index in [-0.39, 0.29) is 11.7 Å². The summed E-state index contributed by atoms with van der Waals surface area (Å²) >= 11 is 3.60. The summed E-state index contributed by atoms with van der Waals surface area (Å²) in [5.41, 5.74) is 3.64. The number of para-hydroxylation sites is 1. The van der Waals surface area contributed by atoms with Crippen LogP contribution in [0.2, 0.25) is 0 Å². The summed E-state index contributed by atoms with van der Waals surface area (Å²) in [7, 11) is 0. The molecule has 0 saturated carbocycles. The summed E-state index contributed by atoms with van der Waals surface area (Å²) in [5.74, 6) is -0.428. The van der Waals surface area contributed by atoms with Gasteiger partial charge in [-0.3, -0.25) is 4.79 Å². The predicted octanol–water partition coefficient (Wildman–Crippen LogP) is 4.04. The Morgan fingerprint density at radius 3 is 2.68 bits per heavy atom. The van der Waals surface area contributed by atoms with Crippen LogP contribution in [0.5, 0.6) is 0 Å². The van der Waals surface area contributed by atoms with Crippen molar-refractivity contribution >= 4 is 55.5 Å². The van der Waals surface area contributed by atoms with Gasteiger partial charge in [0.1, 0.15) is 16.9 Å². The fourth-order valence-electron chi connectivity index (χ4n) is 4.06. The molecule has 3 heterocycles. The zero-order valence-corrected chi connectivity index (χ0v) is 18.3. The number of furan rings is 1. The second-order valence-corrected chi connectivity index (χ2v) is 8.32. The normalized spacial score (nSPS) is 14.5. The number of imidazole rings is 1. The number of benzene rings is 2. The van der Waals surface area contributed by atoms with Gasteiger partial charge in [0, 0.05) is 37.6 Å². The van der Waals surface area contributed by atoms with E-state index >= 15 is 0 Å². The number of halogens is 1. The minimum absolute atomic E-state index is 0.0211. The molecular weight excluding hydrogens is 464 g/mol. The van der Waals surface area contributed by atoms with Crippen LogP contribution in [-0.2, 0) is 0 Å². The van der Waals surface area contributed by atoms with Gasteiger partial charge in [-0.15, -0.1) is 0 Å². The summed E-state index contributed by atoms with van der Waals surface area (Å²) in [5, 5.41) is 9.89. The molecule has 1 amide bonds. The number of hydrogen-bond donors (Lipinski definition) is 2. The summed E-state index contributed by atoms with van der Waals surface area (Å²) in [6.45, 7) is 4.36. The molecule has 5 rings (SSSR count). The Hall–Kier alpha value is -3.33. The van der Waals surface area contributed by atoms with Gasteiger partial charge < -0.3 is 24.3 Å². The zero-order valence-electron chi connectivity index (χ0n) is 16.7. The van der Waals surface area contributed by atoms with E-state index in [9.17, 15) is 14.7 Å². The van der Waals surface area contributed by atoms with E-state index in [1.54, 1.807) is 6.07 Å². The Labute approximate surface area is 185 Å². The van der Waals surface area contributed by atoms with Crippen LogP contribution in [0, 0.1) is 6.92 Å². The zero-order chi connectivity index (χ0) is 21.7. The number of piperazine rings is 1. The lowest BCUT2D eigenvalue weighted by atomic mass is 10.1. The first-order valence-electron chi connectivity index (χ1n) is 9.87. The number of nitrogens with zero attached hydrogens (tertiary/aromatic N) is 3. The molecule has 158 valence electrons. The third kappa shape index (κ3) is 3.34. The van der Waals surface area contributed by atoms with Crippen LogP contribution >= 0.6 is 15.9 Å². The second-order valence-electron chi connectivity index (χ2n) is 7.53. The molecule has 31 heavy (non-hydrogen) atoms. The maximum absolute atomic E-state index is 13.2. The van der Waals surface area contributed by atoms with Gasteiger partial charge in [0.15, 0.2) is 0 Å². The third-order valence-electron chi connectivity index (χ3n) is 5.59. The Morgan fingerprint density at radius 2 is 1.94 bits per heavy atom. The first kappa shape index (κ1) is 19.6. The van der Waals surface area contributed by atoms with Gasteiger partial charge in [0.05, 0.1) is 21.2 Å². The van der Waals surface area contributed by atoms with E-state index in [0.717, 1.165) is 21.5 Å². The molecule has 0 spiro atoms. The molecular formula is C22H19BrN4O4. The standard InChI is InChI=1S/C22H19BrN4O4/c1-12-24-15-4-2-3-13(20(15)25-12)21(28)27-9-7-26(8-10-27)16-5-6-17-14(19(16)23)11-18(31-17)22(29)30/h2-6,11H,7-10H2,1H3,(H,24,25)(H,29,30). The lowest BCUT2D eigenvalue weighted by Gasteiger charge is -2.36. The van der Waals surface area contributed by atoms with Crippen molar-refractivity contribution in [3.8, 4) is 0 Å². The minimum Gasteiger partial charge on any atom is -0.475 e. The lowest BCUT2D eigenvalue weighted by Crippen LogP contribution is -2.49. The van der Waals surface area contributed by atoms with Crippen LogP contribution in [0.3, 0.4) is 0 Å². The van der Waals surface area contributed by atoms with Gasteiger partial charge in [-0.25, -0.2) is 9.78 Å². The molecule has 0 atom stereocenters. The highest BCUT2D eigenvalue weighted by Gasteiger charge is 2.26. The highest BCUT2D eigenvalue weighted by molar-refractivity contribution is 9.10. The van der Waals surface area contributed by atoms with Crippen molar-refractivity contribution in [3.63, 3.8) is 0 Å². The van der Waals surface area contributed by atoms with Crippen molar-refractivity contribution in [2.24, 2.45) is 0 Å². The van der Waals surface area contributed by atoms with E-state index in [2.05, 4.69) is 30.8 Å². The molecule has 0 aliphatic carbocycles. The lowest BCUT2D eigenvalue weighted by molar-refractivity contribution is 0.0664. The number of nitrogens with one attached hydrogen (secondary N) is 1. The van der Waals surface area contributed by atoms with Gasteiger partial charge >= 0.3 is 5.97 Å². The number of hydrogen-bond acceptors (Lipinski definition) is 5. The number of carbonyl (C=O) groups is 2. The number of aromatic nitrogens is 2. The SMILES string of the molecule is Cc1nc2c(C(=O)N3CCN(c4ccc5oc(C(=O)O)cc5c4Br)CC3)cccc2[nH]1. The molecule has 2 aromatic carbocycles. The minimum atomic E-state index is -1.10. The van der Waals surface area contributed by atoms with Crippen molar-refractivity contribution in [2.75, 3.05) is 31.1 Å². The maximum atomic E-state index is 13.2. The molecule has 8 nitrogen and oxygen atoms in total. The Morgan fingerprint density at radius 1 is 1.16 bits per heavy atom. The number of H-pyrrole nitrogens is 1. The molecule has 2 N–H and O–H groups in total. The second kappa shape index (κ2) is 7.42. The first-order valence-corrected chi connectivity index (χ1v) is 10.7. The summed E-state index contributed by atoms with van der Waals surface area (Å²) < 4.78 is 6.17. The highest BCUT2D eigenvalue weighted by Crippen LogP contribution is 2.36. The number of aromatic carboxylic acids is 1. The number of aryl methyl sites for hydroxylation is 1. The van der Waals surface area contributed by atoms with E-state index in [1.165, 1.54) is 6.07 Å². The predicted molar refractivity (Wildman–Crippen MR) is 120 cm³/mol. The van der Waals surface area contributed by atoms with Crippen LogP contribution in [0.1, 0.15) is 26.7 Å². The first-order chi connectivity index (χ1) is 14.9. The Balaban J connectivity index is 1.36. The number of anilines is 1. The van der Waals surface area contributed by atoms with Crippen molar-refractivity contribution < 1.29 is 19.1 Å². The van der Waals surface area contributed by atoms with Crippen LogP contribution in [-0.4, -0.2) is 58.0 Å². The summed E-state index contributed by atoms with van der Waals surface area (Å²) in [4.78, 5) is 36.0. The smallest absolute Gasteiger partial charge is 0.371 e. The molecule has 0 bridgehead atoms. The van der Waals surface area contributed by atoms with E-state index in [0.29, 0.717) is 48.2 Å². The Kier molecular flexibility index (Phi) is 4.70. The topological polar surface area (TPSA) is 103 Å². The average molecular weight is 483 g/mol. The highest BCUT2D eigenvalue weighted by atomic mass is 79.9. The number of amides is 1. The van der Waals surface area contributed by atoms with Crippen LogP contribution < -0.4 is 4.90 Å². The van der Waals surface area contributed by atoms with Crippen LogP contribution in [0.4, 0.5) is 5.69 Å². The molecule has 1 saturated heterocycles. The molecule has 1 aliphatic heterocycles. The van der Waals surface area contributed by atoms with E-state index in [1.807, 2.05) is 36.1 Å². The fourth-order valence-corrected chi connectivity index (χ4v) is 4.76. The number of carbonyl (C=O) groups excluding carboxylic acids is 1. The van der Waals surface area contributed by atoms with Gasteiger partial charge in [-0.1, -0.05) is 6.07 Å². The van der Waals surface area contributed by atoms with Crippen molar-refractivity contribution in [1.82, 2.24) is 14.9 Å². The Bertz CT molecular complexity index is 1330. The summed E-state index contributed by atoms with van der Waals surface area (Å²) in [6, 6.07) is 10.8. The molecule has 2 aromatic heterocycles. The molecule has 1 fully saturated rings. The van der Waals surface area contributed by atoms with Crippen molar-refractivity contribution in [3.05, 3.63) is 58.0 Å². The van der Waals surface area contributed by atoms with Gasteiger partial charge in [0.2, 0.25) is 5.76 Å². The monoisotopic (exact) mass is 482 g/mol. The van der Waals surface area contributed by atoms with Gasteiger partial charge in [0.25, 0.3) is 5.91 Å². The number of rotatable bonds is 3. The number of carboxylic acids is 1. The number of aromatic amines is 1. The maximum Gasteiger partial charge on any atom is 0.371 e. The van der Waals surface area contributed by atoms with Gasteiger partial charge in [-0.05, 0) is 47.1 Å². The van der Waals surface area contributed by atoms with Crippen molar-refractivity contribution in [2.45, 2.75) is 6.92 Å². The van der Waals surface area contributed by atoms with E-state index in [4.69, 9.17) is 4.42 Å². The van der Waals surface area contributed by atoms with Gasteiger partial charge in [-0.2, -0.15) is 0 Å². The molecule has 0 unspecified atom stereocenters. The quantitative estimate of drug-likeness (QED) is 0.456. The van der Waals surface area contributed by atoms with Crippen LogP contribution in [0.25, 0.3) is 22.0 Å². The fraction of sp³-hybridized carbons (Fsp3) is 0.227.